The molecule has 9 nitrogen and oxygen atoms in total. The minimum Gasteiger partial charge on any atom is -0.383 e. The van der Waals surface area contributed by atoms with Crippen molar-refractivity contribution >= 4 is 16.9 Å². The van der Waals surface area contributed by atoms with Gasteiger partial charge in [-0.2, -0.15) is 4.68 Å². The van der Waals surface area contributed by atoms with Gasteiger partial charge in [0.05, 0.1) is 34.9 Å². The first-order valence-electron chi connectivity index (χ1n) is 9.36. The van der Waals surface area contributed by atoms with Gasteiger partial charge in [0.2, 0.25) is 0 Å². The molecule has 2 heterocycles. The molecule has 1 amide bonds. The number of halogens is 1. The van der Waals surface area contributed by atoms with Gasteiger partial charge < -0.3 is 14.6 Å². The molecule has 0 radical (unpaired) electrons. The van der Waals surface area contributed by atoms with Gasteiger partial charge in [-0.3, -0.25) is 4.79 Å². The molecule has 0 spiro atoms. The number of imidazole rings is 1. The van der Waals surface area contributed by atoms with Gasteiger partial charge in [-0.15, -0.1) is 5.10 Å². The van der Waals surface area contributed by atoms with Crippen molar-refractivity contribution in [1.82, 2.24) is 35.1 Å². The highest BCUT2D eigenvalue weighted by Crippen LogP contribution is 2.22. The molecule has 0 saturated heterocycles. The molecule has 0 unspecified atom stereocenters. The van der Waals surface area contributed by atoms with Crippen LogP contribution in [0.2, 0.25) is 0 Å². The molecule has 4 rings (SSSR count). The molecular weight excluding hydrogens is 389 g/mol. The number of ether oxygens (including phenoxy) is 1. The predicted octanol–water partition coefficient (Wildman–Crippen LogP) is 2.29. The van der Waals surface area contributed by atoms with Crippen LogP contribution in [0.3, 0.4) is 0 Å². The normalized spacial score (nSPS) is 12.2. The number of tetrazole rings is 1. The van der Waals surface area contributed by atoms with Crippen molar-refractivity contribution < 1.29 is 13.9 Å². The number of amides is 1. The summed E-state index contributed by atoms with van der Waals surface area (Å²) in [5, 5.41) is 13.9. The Labute approximate surface area is 171 Å². The van der Waals surface area contributed by atoms with Gasteiger partial charge in [0.1, 0.15) is 18.0 Å². The first kappa shape index (κ1) is 19.6. The van der Waals surface area contributed by atoms with Crippen LogP contribution in [-0.2, 0) is 11.3 Å². The number of methoxy groups -OCH3 is 1. The number of para-hydroxylation sites is 2. The van der Waals surface area contributed by atoms with Crippen LogP contribution in [-0.4, -0.2) is 49.4 Å². The molecule has 2 aromatic carbocycles. The van der Waals surface area contributed by atoms with Crippen LogP contribution >= 0.6 is 0 Å². The van der Waals surface area contributed by atoms with E-state index in [9.17, 15) is 9.18 Å². The summed E-state index contributed by atoms with van der Waals surface area (Å²) in [5.41, 5.74) is 2.27. The van der Waals surface area contributed by atoms with E-state index in [0.717, 1.165) is 17.1 Å². The van der Waals surface area contributed by atoms with Gasteiger partial charge in [-0.1, -0.05) is 12.1 Å². The molecule has 2 aromatic heterocycles. The molecule has 0 aliphatic rings. The topological polar surface area (TPSA) is 99.8 Å². The third kappa shape index (κ3) is 3.77. The number of nitrogens with one attached hydrogen (secondary N) is 1. The second kappa shape index (κ2) is 8.37. The van der Waals surface area contributed by atoms with Gasteiger partial charge in [0.15, 0.2) is 0 Å². The smallest absolute Gasteiger partial charge is 0.254 e. The Morgan fingerprint density at radius 3 is 2.87 bits per heavy atom. The zero-order valence-electron chi connectivity index (χ0n) is 16.5. The van der Waals surface area contributed by atoms with Crippen LogP contribution in [0.25, 0.3) is 16.7 Å². The lowest BCUT2D eigenvalue weighted by Crippen LogP contribution is -2.30. The second-order valence-electron chi connectivity index (χ2n) is 6.71. The van der Waals surface area contributed by atoms with Gasteiger partial charge in [0.25, 0.3) is 5.91 Å². The van der Waals surface area contributed by atoms with Crippen LogP contribution < -0.4 is 5.32 Å². The monoisotopic (exact) mass is 409 g/mol. The van der Waals surface area contributed by atoms with E-state index in [1.165, 1.54) is 23.1 Å². The van der Waals surface area contributed by atoms with Crippen molar-refractivity contribution in [2.75, 3.05) is 13.7 Å². The summed E-state index contributed by atoms with van der Waals surface area (Å²) in [4.78, 5) is 17.7. The van der Waals surface area contributed by atoms with Gasteiger partial charge in [0, 0.05) is 13.7 Å². The highest BCUT2D eigenvalue weighted by molar-refractivity contribution is 5.98. The first-order valence-corrected chi connectivity index (χ1v) is 9.36. The Morgan fingerprint density at radius 1 is 1.27 bits per heavy atom. The summed E-state index contributed by atoms with van der Waals surface area (Å²) in [5.74, 6) is -0.309. The maximum absolute atomic E-state index is 13.9. The Balaban J connectivity index is 1.66. The number of benzene rings is 2. The summed E-state index contributed by atoms with van der Waals surface area (Å²) < 4.78 is 22.4. The molecule has 30 heavy (non-hydrogen) atoms. The average Bonchev–Trinajstić information content (AvgIpc) is 3.40. The maximum Gasteiger partial charge on any atom is 0.254 e. The van der Waals surface area contributed by atoms with E-state index in [1.807, 2.05) is 35.8 Å². The van der Waals surface area contributed by atoms with E-state index in [1.54, 1.807) is 7.11 Å². The van der Waals surface area contributed by atoms with Gasteiger partial charge >= 0.3 is 0 Å². The Bertz CT molecular complexity index is 1170. The molecule has 0 saturated carbocycles. The fourth-order valence-electron chi connectivity index (χ4n) is 3.34. The van der Waals surface area contributed by atoms with Gasteiger partial charge in [-0.05, 0) is 47.7 Å². The number of hydrogen-bond donors (Lipinski definition) is 1. The van der Waals surface area contributed by atoms with Crippen molar-refractivity contribution in [3.05, 3.63) is 66.0 Å². The highest BCUT2D eigenvalue weighted by Gasteiger charge is 2.21. The number of hydrogen-bond acceptors (Lipinski definition) is 6. The molecule has 10 heteroatoms. The third-order valence-electron chi connectivity index (χ3n) is 4.74. The number of aromatic nitrogens is 6. The molecule has 154 valence electrons. The minimum atomic E-state index is -0.531. The van der Waals surface area contributed by atoms with Crippen LogP contribution in [0.4, 0.5) is 4.39 Å². The van der Waals surface area contributed by atoms with Gasteiger partial charge in [-0.25, -0.2) is 9.37 Å². The fraction of sp³-hybridized carbons (Fsp3) is 0.250. The molecule has 0 fully saturated rings. The standard InChI is InChI=1S/C20H20FN7O2/c1-13(19-24-16-5-3-4-6-18(16)27(19)9-10-30-2)23-20(29)15-11-14(21)7-8-17(15)28-12-22-25-26-28/h3-8,11-13H,9-10H2,1-2H3,(H,23,29)/t13-/m0/s1. The van der Waals surface area contributed by atoms with E-state index in [4.69, 9.17) is 4.74 Å². The number of nitrogens with zero attached hydrogens (tertiary/aromatic N) is 6. The zero-order valence-corrected chi connectivity index (χ0v) is 16.5. The number of carbonyl (C=O) groups excluding carboxylic acids is 1. The van der Waals surface area contributed by atoms with Crippen molar-refractivity contribution in [1.29, 1.82) is 0 Å². The summed E-state index contributed by atoms with van der Waals surface area (Å²) in [7, 11) is 1.63. The summed E-state index contributed by atoms with van der Waals surface area (Å²) in [6.07, 6.45) is 1.34. The Hall–Kier alpha value is -3.66. The van der Waals surface area contributed by atoms with E-state index < -0.39 is 17.8 Å². The second-order valence-corrected chi connectivity index (χ2v) is 6.71. The quantitative estimate of drug-likeness (QED) is 0.503. The third-order valence-corrected chi connectivity index (χ3v) is 4.74. The maximum atomic E-state index is 13.9. The Kier molecular flexibility index (Phi) is 5.48. The number of rotatable bonds is 7. The zero-order chi connectivity index (χ0) is 21.1. The van der Waals surface area contributed by atoms with Crippen molar-refractivity contribution in [3.8, 4) is 5.69 Å². The van der Waals surface area contributed by atoms with E-state index in [-0.39, 0.29) is 5.56 Å². The number of carbonyl (C=O) groups is 1. The Morgan fingerprint density at radius 2 is 2.10 bits per heavy atom. The fourth-order valence-corrected chi connectivity index (χ4v) is 3.34. The summed E-state index contributed by atoms with van der Waals surface area (Å²) >= 11 is 0. The average molecular weight is 409 g/mol. The first-order chi connectivity index (χ1) is 14.6. The molecular formula is C20H20FN7O2. The SMILES string of the molecule is COCCn1c([C@H](C)NC(=O)c2cc(F)ccc2-n2cnnn2)nc2ccccc21. The van der Waals surface area contributed by atoms with Crippen molar-refractivity contribution in [3.63, 3.8) is 0 Å². The lowest BCUT2D eigenvalue weighted by atomic mass is 10.1. The lowest BCUT2D eigenvalue weighted by Gasteiger charge is -2.17. The molecule has 0 aliphatic carbocycles. The molecule has 0 aliphatic heterocycles. The van der Waals surface area contributed by atoms with Crippen LogP contribution in [0.1, 0.15) is 29.1 Å². The van der Waals surface area contributed by atoms with Crippen LogP contribution in [0, 0.1) is 5.82 Å². The van der Waals surface area contributed by atoms with Crippen LogP contribution in [0.5, 0.6) is 0 Å². The molecule has 1 atom stereocenters. The minimum absolute atomic E-state index is 0.119. The van der Waals surface area contributed by atoms with E-state index in [0.29, 0.717) is 24.7 Å². The largest absolute Gasteiger partial charge is 0.383 e. The molecule has 1 N–H and O–H groups in total. The highest BCUT2D eigenvalue weighted by atomic mass is 19.1. The summed E-state index contributed by atoms with van der Waals surface area (Å²) in [6.45, 7) is 2.92. The van der Waals surface area contributed by atoms with Crippen LogP contribution in [0.15, 0.2) is 48.8 Å². The lowest BCUT2D eigenvalue weighted by molar-refractivity contribution is 0.0936. The molecule has 0 bridgehead atoms. The summed E-state index contributed by atoms with van der Waals surface area (Å²) in [6, 6.07) is 11.2. The van der Waals surface area contributed by atoms with E-state index >= 15 is 0 Å². The number of fused-ring (bicyclic) bond motifs is 1. The predicted molar refractivity (Wildman–Crippen MR) is 107 cm³/mol. The molecule has 4 aromatic rings. The van der Waals surface area contributed by atoms with E-state index in [2.05, 4.69) is 25.8 Å². The van der Waals surface area contributed by atoms with Crippen molar-refractivity contribution in [2.45, 2.75) is 19.5 Å². The van der Waals surface area contributed by atoms with Crippen molar-refractivity contribution in [2.24, 2.45) is 0 Å².